The van der Waals surface area contributed by atoms with Gasteiger partial charge in [-0.25, -0.2) is 8.42 Å². The molecule has 12 heteroatoms. The summed E-state index contributed by atoms with van der Waals surface area (Å²) in [4.78, 5) is 4.44. The van der Waals surface area contributed by atoms with Crippen LogP contribution in [0.3, 0.4) is 0 Å². The zero-order valence-corrected chi connectivity index (χ0v) is 16.1. The zero-order chi connectivity index (χ0) is 20.1. The van der Waals surface area contributed by atoms with Crippen molar-refractivity contribution in [2.75, 3.05) is 26.2 Å². The number of rotatable bonds is 6. The van der Waals surface area contributed by atoms with E-state index in [9.17, 15) is 21.6 Å². The second-order valence-corrected chi connectivity index (χ2v) is 8.24. The van der Waals surface area contributed by atoms with E-state index in [2.05, 4.69) is 20.7 Å². The second-order valence-electron chi connectivity index (χ2n) is 6.31. The monoisotopic (exact) mass is 410 g/mol. The Kier molecular flexibility index (Phi) is 7.09. The van der Waals surface area contributed by atoms with Gasteiger partial charge in [-0.1, -0.05) is 0 Å². The van der Waals surface area contributed by atoms with Crippen molar-refractivity contribution in [1.82, 2.24) is 24.7 Å². The molecule has 2 heterocycles. The van der Waals surface area contributed by atoms with Crippen molar-refractivity contribution in [3.05, 3.63) is 18.0 Å². The maximum Gasteiger partial charge on any atom is 0.511 e. The highest BCUT2D eigenvalue weighted by molar-refractivity contribution is 7.90. The first-order chi connectivity index (χ1) is 12.6. The molecule has 27 heavy (non-hydrogen) atoms. The summed E-state index contributed by atoms with van der Waals surface area (Å²) in [6, 6.07) is -0.144. The van der Waals surface area contributed by atoms with Gasteiger partial charge in [-0.05, 0) is 32.3 Å². The maximum absolute atomic E-state index is 12.6. The van der Waals surface area contributed by atoms with E-state index in [1.54, 1.807) is 10.9 Å². The molecule has 1 aromatic rings. The zero-order valence-electron chi connectivity index (χ0n) is 15.3. The minimum Gasteiger partial charge on any atom is -0.357 e. The molecule has 0 unspecified atom stereocenters. The molecule has 0 amide bonds. The van der Waals surface area contributed by atoms with Gasteiger partial charge >= 0.3 is 15.5 Å². The summed E-state index contributed by atoms with van der Waals surface area (Å²) in [5.41, 5.74) is -4.20. The third-order valence-corrected chi connectivity index (χ3v) is 5.76. The minimum absolute atomic E-state index is 0.144. The molecular weight excluding hydrogens is 385 g/mol. The van der Waals surface area contributed by atoms with Crippen LogP contribution >= 0.6 is 0 Å². The SMILES string of the molecule is CCNC(=NCCn1cc(C)cn1)NC1CCN(S(=O)(=O)C(F)(F)F)CC1. The van der Waals surface area contributed by atoms with Crippen molar-refractivity contribution >= 4 is 16.0 Å². The van der Waals surface area contributed by atoms with Crippen molar-refractivity contribution in [3.8, 4) is 0 Å². The molecule has 2 N–H and O–H groups in total. The number of aryl methyl sites for hydroxylation is 1. The average Bonchev–Trinajstić information content (AvgIpc) is 3.00. The van der Waals surface area contributed by atoms with E-state index in [0.29, 0.717) is 29.9 Å². The van der Waals surface area contributed by atoms with Crippen molar-refractivity contribution in [1.29, 1.82) is 0 Å². The lowest BCUT2D eigenvalue weighted by Crippen LogP contribution is -2.51. The molecule has 1 aliphatic heterocycles. The Labute approximate surface area is 156 Å². The van der Waals surface area contributed by atoms with Crippen LogP contribution in [0.1, 0.15) is 25.3 Å². The molecule has 0 bridgehead atoms. The molecule has 2 rings (SSSR count). The van der Waals surface area contributed by atoms with E-state index in [1.165, 1.54) is 0 Å². The van der Waals surface area contributed by atoms with Crippen LogP contribution in [0.4, 0.5) is 13.2 Å². The summed E-state index contributed by atoms with van der Waals surface area (Å²) < 4.78 is 63.1. The Morgan fingerprint density at radius 3 is 2.56 bits per heavy atom. The van der Waals surface area contributed by atoms with Crippen LogP contribution in [0.5, 0.6) is 0 Å². The van der Waals surface area contributed by atoms with Gasteiger partial charge in [0.2, 0.25) is 0 Å². The number of aliphatic imine (C=N–C) groups is 1. The molecule has 0 aromatic carbocycles. The smallest absolute Gasteiger partial charge is 0.357 e. The molecule has 1 aliphatic rings. The number of aromatic nitrogens is 2. The van der Waals surface area contributed by atoms with E-state index in [1.807, 2.05) is 20.0 Å². The van der Waals surface area contributed by atoms with Gasteiger partial charge in [-0.2, -0.15) is 22.6 Å². The average molecular weight is 410 g/mol. The lowest BCUT2D eigenvalue weighted by molar-refractivity contribution is -0.0494. The van der Waals surface area contributed by atoms with Crippen molar-refractivity contribution < 1.29 is 21.6 Å². The van der Waals surface area contributed by atoms with Crippen LogP contribution in [0.25, 0.3) is 0 Å². The molecule has 0 saturated carbocycles. The van der Waals surface area contributed by atoms with Crippen LogP contribution in [-0.4, -0.2) is 66.2 Å². The Morgan fingerprint density at radius 2 is 2.04 bits per heavy atom. The third-order valence-electron chi connectivity index (χ3n) is 4.13. The Bertz CT molecular complexity index is 739. The standard InChI is InChI=1S/C15H25F3N6O2S/c1-3-19-14(20-6-9-23-11-12(2)10-21-23)22-13-4-7-24(8-5-13)27(25,26)15(16,17)18/h10-11,13H,3-9H2,1-2H3,(H2,19,20,22). The summed E-state index contributed by atoms with van der Waals surface area (Å²) in [6.07, 6.45) is 4.22. The number of halogens is 3. The molecule has 0 aliphatic carbocycles. The van der Waals surface area contributed by atoms with Crippen molar-refractivity contribution in [3.63, 3.8) is 0 Å². The van der Waals surface area contributed by atoms with Crippen LogP contribution in [0.2, 0.25) is 0 Å². The molecular formula is C15H25F3N6O2S. The number of alkyl halides is 3. The first kappa shape index (κ1) is 21.5. The lowest BCUT2D eigenvalue weighted by Gasteiger charge is -2.32. The molecule has 1 fully saturated rings. The number of piperidine rings is 1. The van der Waals surface area contributed by atoms with Gasteiger partial charge in [-0.3, -0.25) is 9.67 Å². The third kappa shape index (κ3) is 5.83. The quantitative estimate of drug-likeness (QED) is 0.541. The fourth-order valence-corrected chi connectivity index (χ4v) is 3.74. The van der Waals surface area contributed by atoms with E-state index < -0.39 is 15.5 Å². The highest BCUT2D eigenvalue weighted by Crippen LogP contribution is 2.28. The van der Waals surface area contributed by atoms with Gasteiger partial charge in [0, 0.05) is 31.9 Å². The summed E-state index contributed by atoms with van der Waals surface area (Å²) in [6.45, 7) is 5.23. The summed E-state index contributed by atoms with van der Waals surface area (Å²) in [7, 11) is -5.25. The van der Waals surface area contributed by atoms with Gasteiger partial charge in [0.05, 0.1) is 19.3 Å². The molecule has 0 atom stereocenters. The van der Waals surface area contributed by atoms with E-state index in [0.717, 1.165) is 5.56 Å². The molecule has 154 valence electrons. The van der Waals surface area contributed by atoms with Crippen molar-refractivity contribution in [2.45, 2.75) is 44.8 Å². The molecule has 8 nitrogen and oxygen atoms in total. The van der Waals surface area contributed by atoms with Gasteiger partial charge < -0.3 is 10.6 Å². The van der Waals surface area contributed by atoms with Gasteiger partial charge in [0.1, 0.15) is 0 Å². The summed E-state index contributed by atoms with van der Waals surface area (Å²) in [5.74, 6) is 0.554. The number of sulfonamides is 1. The fourth-order valence-electron chi connectivity index (χ4n) is 2.75. The van der Waals surface area contributed by atoms with E-state index in [-0.39, 0.29) is 32.0 Å². The first-order valence-electron chi connectivity index (χ1n) is 8.74. The molecule has 0 radical (unpaired) electrons. The first-order valence-corrected chi connectivity index (χ1v) is 10.2. The molecule has 1 saturated heterocycles. The second kappa shape index (κ2) is 8.91. The highest BCUT2D eigenvalue weighted by Gasteiger charge is 2.50. The topological polar surface area (TPSA) is 91.6 Å². The Hall–Kier alpha value is -1.82. The van der Waals surface area contributed by atoms with Gasteiger partial charge in [0.25, 0.3) is 0 Å². The number of guanidine groups is 1. The van der Waals surface area contributed by atoms with Crippen LogP contribution in [0.15, 0.2) is 17.4 Å². The van der Waals surface area contributed by atoms with E-state index in [4.69, 9.17) is 0 Å². The van der Waals surface area contributed by atoms with E-state index >= 15 is 0 Å². The van der Waals surface area contributed by atoms with Crippen LogP contribution in [0, 0.1) is 6.92 Å². The fraction of sp³-hybridized carbons (Fsp3) is 0.733. The van der Waals surface area contributed by atoms with Gasteiger partial charge in [-0.15, -0.1) is 0 Å². The number of nitrogens with zero attached hydrogens (tertiary/aromatic N) is 4. The summed E-state index contributed by atoms with van der Waals surface area (Å²) in [5, 5.41) is 10.4. The van der Waals surface area contributed by atoms with Crippen LogP contribution in [-0.2, 0) is 16.6 Å². The lowest BCUT2D eigenvalue weighted by atomic mass is 10.1. The Balaban J connectivity index is 1.87. The predicted molar refractivity (Wildman–Crippen MR) is 95.6 cm³/mol. The number of hydrogen-bond acceptors (Lipinski definition) is 4. The number of nitrogens with one attached hydrogen (secondary N) is 2. The Morgan fingerprint density at radius 1 is 1.37 bits per heavy atom. The molecule has 0 spiro atoms. The van der Waals surface area contributed by atoms with Gasteiger partial charge in [0.15, 0.2) is 5.96 Å². The number of hydrogen-bond donors (Lipinski definition) is 2. The maximum atomic E-state index is 12.6. The summed E-state index contributed by atoms with van der Waals surface area (Å²) >= 11 is 0. The largest absolute Gasteiger partial charge is 0.511 e. The van der Waals surface area contributed by atoms with Crippen molar-refractivity contribution in [2.24, 2.45) is 4.99 Å². The predicted octanol–water partition coefficient (Wildman–Crippen LogP) is 1.06. The highest BCUT2D eigenvalue weighted by atomic mass is 32.2. The van der Waals surface area contributed by atoms with Crippen LogP contribution < -0.4 is 10.6 Å². The molecule has 1 aromatic heterocycles. The minimum atomic E-state index is -5.26. The normalized spacial score (nSPS) is 17.9.